The molecule has 9 heteroatoms. The van der Waals surface area contributed by atoms with E-state index in [0.717, 1.165) is 0 Å². The average Bonchev–Trinajstić information content (AvgIpc) is 2.92. The molecular formula is C13H23N3O5S. The Morgan fingerprint density at radius 2 is 2.14 bits per heavy atom. The molecule has 1 saturated heterocycles. The van der Waals surface area contributed by atoms with E-state index < -0.39 is 22.0 Å². The maximum atomic E-state index is 11.6. The molecule has 2 atom stereocenters. The summed E-state index contributed by atoms with van der Waals surface area (Å²) in [5, 5.41) is 23.0. The number of sulfone groups is 1. The molecule has 2 rings (SSSR count). The van der Waals surface area contributed by atoms with Gasteiger partial charge >= 0.3 is 0 Å². The van der Waals surface area contributed by atoms with Crippen LogP contribution in [0.5, 0.6) is 0 Å². The zero-order valence-corrected chi connectivity index (χ0v) is 13.7. The van der Waals surface area contributed by atoms with Gasteiger partial charge in [0.1, 0.15) is 0 Å². The summed E-state index contributed by atoms with van der Waals surface area (Å²) >= 11 is 0. The highest BCUT2D eigenvalue weighted by atomic mass is 32.2. The number of nitrogens with zero attached hydrogens (tertiary/aromatic N) is 3. The second-order valence-corrected chi connectivity index (χ2v) is 8.26. The van der Waals surface area contributed by atoms with Gasteiger partial charge in [0, 0.05) is 13.0 Å². The fraction of sp³-hybridized carbons (Fsp3) is 0.846. The van der Waals surface area contributed by atoms with Crippen LogP contribution in [-0.2, 0) is 22.8 Å². The molecule has 0 saturated carbocycles. The number of aromatic nitrogens is 2. The molecule has 0 bridgehead atoms. The Balaban J connectivity index is 2.07. The van der Waals surface area contributed by atoms with Gasteiger partial charge in [-0.15, -0.1) is 0 Å². The van der Waals surface area contributed by atoms with Gasteiger partial charge in [-0.25, -0.2) is 8.42 Å². The quantitative estimate of drug-likeness (QED) is 0.667. The van der Waals surface area contributed by atoms with Crippen LogP contribution < -0.4 is 0 Å². The maximum Gasteiger partial charge on any atom is 0.240 e. The normalized spacial score (nSPS) is 24.5. The molecule has 2 heterocycles. The number of aliphatic hydroxyl groups excluding tert-OH is 2. The number of hydrogen-bond donors (Lipinski definition) is 2. The summed E-state index contributed by atoms with van der Waals surface area (Å²) in [5.41, 5.74) is 0. The molecule has 126 valence electrons. The third kappa shape index (κ3) is 4.48. The van der Waals surface area contributed by atoms with Crippen molar-refractivity contribution in [2.75, 3.05) is 24.7 Å². The van der Waals surface area contributed by atoms with Crippen molar-refractivity contribution < 1.29 is 23.2 Å². The van der Waals surface area contributed by atoms with Crippen LogP contribution in [0.2, 0.25) is 0 Å². The topological polar surface area (TPSA) is 117 Å². The average molecular weight is 333 g/mol. The molecule has 22 heavy (non-hydrogen) atoms. The van der Waals surface area contributed by atoms with Gasteiger partial charge in [-0.3, -0.25) is 4.90 Å². The number of aliphatic hydroxyl groups is 2. The van der Waals surface area contributed by atoms with E-state index in [0.29, 0.717) is 24.1 Å². The van der Waals surface area contributed by atoms with Crippen molar-refractivity contribution >= 4 is 9.84 Å². The van der Waals surface area contributed by atoms with Crippen molar-refractivity contribution in [1.29, 1.82) is 0 Å². The molecule has 1 aliphatic rings. The Hall–Kier alpha value is -1.03. The lowest BCUT2D eigenvalue weighted by atomic mass is 10.1. The summed E-state index contributed by atoms with van der Waals surface area (Å²) in [6, 6.07) is -0.558. The van der Waals surface area contributed by atoms with Crippen LogP contribution in [0.4, 0.5) is 0 Å². The van der Waals surface area contributed by atoms with Gasteiger partial charge in [0.2, 0.25) is 5.89 Å². The molecule has 0 spiro atoms. The molecule has 0 amide bonds. The fourth-order valence-corrected chi connectivity index (χ4v) is 4.46. The van der Waals surface area contributed by atoms with Gasteiger partial charge in [0.05, 0.1) is 36.8 Å². The largest absolute Gasteiger partial charge is 0.395 e. The molecule has 2 N–H and O–H groups in total. The fourth-order valence-electron chi connectivity index (χ4n) is 2.63. The maximum absolute atomic E-state index is 11.6. The van der Waals surface area contributed by atoms with Crippen molar-refractivity contribution in [2.24, 2.45) is 5.92 Å². The monoisotopic (exact) mass is 333 g/mol. The molecule has 0 aromatic carbocycles. The molecule has 8 nitrogen and oxygen atoms in total. The van der Waals surface area contributed by atoms with Crippen LogP contribution in [0, 0.1) is 5.92 Å². The minimum atomic E-state index is -3.25. The second-order valence-electron chi connectivity index (χ2n) is 6.11. The predicted octanol–water partition coefficient (Wildman–Crippen LogP) is -0.780. The Morgan fingerprint density at radius 1 is 1.41 bits per heavy atom. The van der Waals surface area contributed by atoms with Gasteiger partial charge in [0.15, 0.2) is 15.7 Å². The standard InChI is InChI=1S/C13H23N3O5S/c1-9(2)5-12-14-13(21-15-12)6-16(3-4-17)10-7-22(19,20)8-11(10)18/h9-11,17-18H,3-8H2,1-2H3/t10-,11-/m1/s1. The molecule has 0 unspecified atom stereocenters. The van der Waals surface area contributed by atoms with Gasteiger partial charge in [-0.1, -0.05) is 19.0 Å². The minimum Gasteiger partial charge on any atom is -0.395 e. The van der Waals surface area contributed by atoms with Crippen molar-refractivity contribution in [3.63, 3.8) is 0 Å². The summed E-state index contributed by atoms with van der Waals surface area (Å²) < 4.78 is 28.4. The zero-order valence-electron chi connectivity index (χ0n) is 12.8. The Labute approximate surface area is 130 Å². The predicted molar refractivity (Wildman–Crippen MR) is 78.8 cm³/mol. The lowest BCUT2D eigenvalue weighted by molar-refractivity contribution is 0.0588. The van der Waals surface area contributed by atoms with E-state index in [9.17, 15) is 18.6 Å². The lowest BCUT2D eigenvalue weighted by Gasteiger charge is -2.27. The van der Waals surface area contributed by atoms with E-state index in [1.165, 1.54) is 0 Å². The van der Waals surface area contributed by atoms with Gasteiger partial charge in [-0.05, 0) is 5.92 Å². The van der Waals surface area contributed by atoms with E-state index >= 15 is 0 Å². The molecular weight excluding hydrogens is 310 g/mol. The summed E-state index contributed by atoms with van der Waals surface area (Å²) in [6.45, 7) is 4.40. The highest BCUT2D eigenvalue weighted by Crippen LogP contribution is 2.20. The van der Waals surface area contributed by atoms with E-state index in [4.69, 9.17) is 4.52 Å². The van der Waals surface area contributed by atoms with E-state index in [2.05, 4.69) is 10.1 Å². The SMILES string of the molecule is CC(C)Cc1noc(CN(CCO)[C@@H]2CS(=O)(=O)C[C@H]2O)n1. The highest BCUT2D eigenvalue weighted by molar-refractivity contribution is 7.91. The Morgan fingerprint density at radius 3 is 2.68 bits per heavy atom. The van der Waals surface area contributed by atoms with E-state index in [1.54, 1.807) is 4.90 Å². The first-order valence-electron chi connectivity index (χ1n) is 7.35. The van der Waals surface area contributed by atoms with Crippen LogP contribution in [0.3, 0.4) is 0 Å². The van der Waals surface area contributed by atoms with Gasteiger partial charge in [0.25, 0.3) is 0 Å². The first-order valence-corrected chi connectivity index (χ1v) is 9.17. The molecule has 1 aliphatic heterocycles. The first kappa shape index (κ1) is 17.3. The number of hydrogen-bond acceptors (Lipinski definition) is 8. The lowest BCUT2D eigenvalue weighted by Crippen LogP contribution is -2.44. The first-order chi connectivity index (χ1) is 10.3. The van der Waals surface area contributed by atoms with Gasteiger partial charge < -0.3 is 14.7 Å². The van der Waals surface area contributed by atoms with Gasteiger partial charge in [-0.2, -0.15) is 4.98 Å². The molecule has 1 aromatic rings. The van der Waals surface area contributed by atoms with Crippen LogP contribution in [-0.4, -0.2) is 70.5 Å². The van der Waals surface area contributed by atoms with Crippen molar-refractivity contribution in [1.82, 2.24) is 15.0 Å². The zero-order chi connectivity index (χ0) is 16.3. The van der Waals surface area contributed by atoms with Crippen molar-refractivity contribution in [2.45, 2.75) is 39.0 Å². The third-order valence-electron chi connectivity index (χ3n) is 3.59. The highest BCUT2D eigenvalue weighted by Gasteiger charge is 2.40. The Kier molecular flexibility index (Phi) is 5.54. The van der Waals surface area contributed by atoms with Crippen LogP contribution in [0.25, 0.3) is 0 Å². The molecule has 1 aromatic heterocycles. The van der Waals surface area contributed by atoms with E-state index in [-0.39, 0.29) is 31.2 Å². The molecule has 1 fully saturated rings. The van der Waals surface area contributed by atoms with E-state index in [1.807, 2.05) is 13.8 Å². The number of rotatable bonds is 7. The second kappa shape index (κ2) is 7.03. The summed E-state index contributed by atoms with van der Waals surface area (Å²) in [6.07, 6.45) is -0.265. The van der Waals surface area contributed by atoms with Crippen molar-refractivity contribution in [3.8, 4) is 0 Å². The smallest absolute Gasteiger partial charge is 0.240 e. The van der Waals surface area contributed by atoms with Crippen molar-refractivity contribution in [3.05, 3.63) is 11.7 Å². The minimum absolute atomic E-state index is 0.124. The summed E-state index contributed by atoms with van der Waals surface area (Å²) in [4.78, 5) is 5.96. The van der Waals surface area contributed by atoms with Crippen LogP contribution in [0.15, 0.2) is 4.52 Å². The summed E-state index contributed by atoms with van der Waals surface area (Å²) in [5.74, 6) is 0.998. The van der Waals surface area contributed by atoms with Crippen LogP contribution in [0.1, 0.15) is 25.6 Å². The molecule has 0 radical (unpaired) electrons. The van der Waals surface area contributed by atoms with Crippen LogP contribution >= 0.6 is 0 Å². The molecule has 0 aliphatic carbocycles. The Bertz CT molecular complexity index is 586. The summed E-state index contributed by atoms with van der Waals surface area (Å²) in [7, 11) is -3.25. The third-order valence-corrected chi connectivity index (χ3v) is 5.29.